The van der Waals surface area contributed by atoms with E-state index in [0.717, 1.165) is 12.8 Å². The molecule has 4 rings (SSSR count). The summed E-state index contributed by atoms with van der Waals surface area (Å²) >= 11 is 0. The number of nitrogens with zero attached hydrogens (tertiary/aromatic N) is 1. The smallest absolute Gasteiger partial charge is 0.0438 e. The number of rotatable bonds is 16. The topological polar surface area (TPSA) is 3.24 Å². The minimum absolute atomic E-state index is 0.169. The molecule has 1 fully saturated rings. The monoisotopic (exact) mass is 1420 g/mol. The Hall–Kier alpha value is -2.54. The van der Waals surface area contributed by atoms with E-state index < -0.39 is 0 Å². The van der Waals surface area contributed by atoms with Gasteiger partial charge in [-0.25, -0.2) is 0 Å². The Morgan fingerprint density at radius 1 is 0.343 bits per heavy atom. The Kier molecular flexibility index (Phi) is 53.6. The molecular formula is C101H197N. The SMILES string of the molecule is CC(C)(C)C(C)(C)C(C)(C)C.CC(C)(C)CC(C)(C)C.CC(C)c1cccc(C(C)C)c1N(C)C1(C)CCCCC1.CCC(C)(C)C(C)(C)C.CCC(C)(C)C(C)(C)C.CCC(C)(C)CC.CCC(CC)(c1ccccc1)c1ccccc1.CCCC(C)(C)C.CCCC(C)(C)C.CCCCC. The van der Waals surface area contributed by atoms with Gasteiger partial charge in [0.1, 0.15) is 0 Å². The van der Waals surface area contributed by atoms with Gasteiger partial charge in [-0.1, -0.05) is 474 Å². The second-order valence-electron chi connectivity index (χ2n) is 43.5. The lowest BCUT2D eigenvalue weighted by atomic mass is 9.56. The first-order valence-electron chi connectivity index (χ1n) is 42.7. The maximum atomic E-state index is 2.62. The molecule has 0 aromatic heterocycles. The van der Waals surface area contributed by atoms with E-state index in [4.69, 9.17) is 0 Å². The Labute approximate surface area is 650 Å². The molecule has 0 radical (unpaired) electrons. The average Bonchev–Trinajstić information content (AvgIpc) is 0.791. The van der Waals surface area contributed by atoms with Crippen LogP contribution in [0.3, 0.4) is 0 Å². The quantitative estimate of drug-likeness (QED) is 0.138. The molecule has 3 aromatic carbocycles. The van der Waals surface area contributed by atoms with Crippen molar-refractivity contribution in [2.24, 2.45) is 65.0 Å². The molecule has 0 aliphatic heterocycles. The predicted octanol–water partition coefficient (Wildman–Crippen LogP) is 36.1. The maximum Gasteiger partial charge on any atom is 0.0438 e. The summed E-state index contributed by atoms with van der Waals surface area (Å²) in [5.74, 6) is 1.15. The molecule has 3 aromatic rings. The lowest BCUT2D eigenvalue weighted by Crippen LogP contribution is -2.46. The first kappa shape index (κ1) is 110. The zero-order valence-corrected chi connectivity index (χ0v) is 80.0. The van der Waals surface area contributed by atoms with Crippen LogP contribution in [-0.4, -0.2) is 12.6 Å². The van der Waals surface area contributed by atoms with Gasteiger partial charge in [0.15, 0.2) is 0 Å². The Morgan fingerprint density at radius 2 is 0.637 bits per heavy atom. The minimum Gasteiger partial charge on any atom is -0.369 e. The highest BCUT2D eigenvalue weighted by Crippen LogP contribution is 2.51. The van der Waals surface area contributed by atoms with Crippen LogP contribution in [0.15, 0.2) is 78.9 Å². The number of anilines is 1. The van der Waals surface area contributed by atoms with E-state index in [1.807, 2.05) is 0 Å². The molecule has 0 bridgehead atoms. The van der Waals surface area contributed by atoms with Crippen molar-refractivity contribution < 1.29 is 0 Å². The predicted molar refractivity (Wildman–Crippen MR) is 480 cm³/mol. The van der Waals surface area contributed by atoms with Crippen LogP contribution in [0.25, 0.3) is 0 Å². The van der Waals surface area contributed by atoms with Crippen LogP contribution in [-0.2, 0) is 5.41 Å². The molecule has 0 heterocycles. The fourth-order valence-corrected chi connectivity index (χ4v) is 12.4. The van der Waals surface area contributed by atoms with Crippen molar-refractivity contribution in [3.8, 4) is 0 Å². The molecule has 0 saturated heterocycles. The Morgan fingerprint density at radius 3 is 0.775 bits per heavy atom. The summed E-state index contributed by atoms with van der Waals surface area (Å²) in [6.45, 7) is 108. The van der Waals surface area contributed by atoms with Gasteiger partial charge in [0, 0.05) is 23.7 Å². The van der Waals surface area contributed by atoms with Gasteiger partial charge in [0.2, 0.25) is 0 Å². The summed E-state index contributed by atoms with van der Waals surface area (Å²) in [6, 6.07) is 28.6. The minimum atomic E-state index is 0.169. The molecule has 102 heavy (non-hydrogen) atoms. The van der Waals surface area contributed by atoms with Gasteiger partial charge in [0.25, 0.3) is 0 Å². The van der Waals surface area contributed by atoms with Crippen molar-refractivity contribution in [3.05, 3.63) is 101 Å². The molecular weight excluding hydrogens is 1230 g/mol. The molecule has 1 heteroatoms. The summed E-state index contributed by atoms with van der Waals surface area (Å²) in [5.41, 5.74) is 13.5. The second kappa shape index (κ2) is 49.5. The van der Waals surface area contributed by atoms with Crippen molar-refractivity contribution in [1.29, 1.82) is 0 Å². The van der Waals surface area contributed by atoms with Crippen LogP contribution in [0, 0.1) is 65.0 Å². The zero-order chi connectivity index (χ0) is 82.2. The largest absolute Gasteiger partial charge is 0.369 e. The van der Waals surface area contributed by atoms with E-state index in [1.165, 1.54) is 137 Å². The fourth-order valence-electron chi connectivity index (χ4n) is 12.4. The van der Waals surface area contributed by atoms with Crippen LogP contribution in [0.5, 0.6) is 0 Å². The number of unbranched alkanes of at least 4 members (excludes halogenated alkanes) is 2. The number of benzene rings is 3. The van der Waals surface area contributed by atoms with Crippen LogP contribution in [0.4, 0.5) is 5.69 Å². The Bertz CT molecular complexity index is 2270. The van der Waals surface area contributed by atoms with E-state index in [1.54, 1.807) is 0 Å². The molecule has 0 unspecified atom stereocenters. The second-order valence-corrected chi connectivity index (χ2v) is 43.5. The number of hydrogen-bond acceptors (Lipinski definition) is 1. The van der Waals surface area contributed by atoms with Gasteiger partial charge in [0.05, 0.1) is 0 Å². The number of para-hydroxylation sites is 1. The van der Waals surface area contributed by atoms with E-state index in [9.17, 15) is 0 Å². The molecule has 0 atom stereocenters. The van der Waals surface area contributed by atoms with Gasteiger partial charge in [-0.15, -0.1) is 0 Å². The fraction of sp³-hybridized carbons (Fsp3) is 0.822. The third kappa shape index (κ3) is 48.0. The first-order chi connectivity index (χ1) is 45.7. The third-order valence-corrected chi connectivity index (χ3v) is 24.5. The van der Waals surface area contributed by atoms with Crippen molar-refractivity contribution in [2.75, 3.05) is 11.9 Å². The summed E-state index contributed by atoms with van der Waals surface area (Å²) in [6.07, 6.45) is 24.9. The third-order valence-electron chi connectivity index (χ3n) is 24.5. The summed E-state index contributed by atoms with van der Waals surface area (Å²) in [4.78, 5) is 2.62. The first-order valence-corrected chi connectivity index (χ1v) is 42.7. The van der Waals surface area contributed by atoms with Gasteiger partial charge in [-0.05, 0) is 151 Å². The van der Waals surface area contributed by atoms with E-state index in [-0.39, 0.29) is 5.41 Å². The van der Waals surface area contributed by atoms with Gasteiger partial charge in [-0.3, -0.25) is 0 Å². The molecule has 0 amide bonds. The highest BCUT2D eigenvalue weighted by Gasteiger charge is 2.42. The molecule has 1 aliphatic rings. The lowest BCUT2D eigenvalue weighted by Gasteiger charge is -2.49. The molecule has 606 valence electrons. The highest BCUT2D eigenvalue weighted by molar-refractivity contribution is 5.63. The summed E-state index contributed by atoms with van der Waals surface area (Å²) < 4.78 is 0. The van der Waals surface area contributed by atoms with Gasteiger partial charge in [-0.2, -0.15) is 0 Å². The Balaban J connectivity index is -0.000000260. The van der Waals surface area contributed by atoms with E-state index >= 15 is 0 Å². The standard InChI is InChI=1S/C20H33N.C17H20.C11H24.3C9H20.3C7H16.C5H12/c1-15(2)17-11-10-12-18(16(3)4)19(17)21(6)20(5)13-8-7-9-14-20;1-3-17(4-2,15-11-7-5-8-12-15)16-13-9-6-10-14-16;1-9(2,3)11(7,8)10(4,5)6;1-8(2,3)7-9(4,5)6;2*1-7-9(5,6)8(2,3)4;2*1-5-6-7(2,3)4;1-5-7(3,4)6-2;1-3-5-4-2/h10-12,15-16H,7-9,13-14H2,1-6H3;5-14H,3-4H2,1-2H3;1-8H3;3*7H2,1-6H3;3*5-6H2,1-4H3;3-5H2,1-2H3. The van der Waals surface area contributed by atoms with Crippen LogP contribution in [0.1, 0.15) is 482 Å². The average molecular weight is 1430 g/mol. The van der Waals surface area contributed by atoms with Gasteiger partial charge >= 0.3 is 0 Å². The van der Waals surface area contributed by atoms with E-state index in [2.05, 4.69) is 416 Å². The zero-order valence-electron chi connectivity index (χ0n) is 80.0. The molecule has 0 N–H and O–H groups in total. The highest BCUT2D eigenvalue weighted by atomic mass is 15.2. The molecule has 0 spiro atoms. The summed E-state index contributed by atoms with van der Waals surface area (Å²) in [5, 5.41) is 0. The van der Waals surface area contributed by atoms with Crippen LogP contribution < -0.4 is 4.90 Å². The maximum absolute atomic E-state index is 2.62. The molecule has 1 nitrogen and oxygen atoms in total. The van der Waals surface area contributed by atoms with Crippen LogP contribution in [0.2, 0.25) is 0 Å². The normalized spacial score (nSPS) is 13.9. The summed E-state index contributed by atoms with van der Waals surface area (Å²) in [7, 11) is 2.33. The van der Waals surface area contributed by atoms with Crippen LogP contribution >= 0.6 is 0 Å². The number of hydrogen-bond donors (Lipinski definition) is 0. The van der Waals surface area contributed by atoms with Gasteiger partial charge < -0.3 is 4.90 Å². The molecule has 1 saturated carbocycles. The molecule has 1 aliphatic carbocycles. The van der Waals surface area contributed by atoms with Crippen molar-refractivity contribution in [1.82, 2.24) is 0 Å². The van der Waals surface area contributed by atoms with Crippen molar-refractivity contribution in [2.45, 2.75) is 470 Å². The van der Waals surface area contributed by atoms with E-state index in [0.29, 0.717) is 82.4 Å². The van der Waals surface area contributed by atoms with Crippen molar-refractivity contribution >= 4 is 5.69 Å². The van der Waals surface area contributed by atoms with Crippen molar-refractivity contribution in [3.63, 3.8) is 0 Å². The lowest BCUT2D eigenvalue weighted by molar-refractivity contribution is 0.00575.